The predicted molar refractivity (Wildman–Crippen MR) is 44.1 cm³/mol. The van der Waals surface area contributed by atoms with Crippen LogP contribution in [0.25, 0.3) is 0 Å². The molecule has 1 fully saturated rings. The Kier molecular flexibility index (Phi) is 4.08. The second-order valence-electron chi connectivity index (χ2n) is 2.19. The molecule has 0 radical (unpaired) electrons. The molecule has 1 aliphatic rings. The standard InChI is InChI=1S/C5H9NO2S.ClH/c7-5(8)4-1-3(9)2-6-4;/h3-4,6,9H,1-2H2,(H,7,8);1H/t3-,4-;/m0./s1. The highest BCUT2D eigenvalue weighted by Crippen LogP contribution is 2.11. The zero-order valence-electron chi connectivity index (χ0n) is 5.28. The van der Waals surface area contributed by atoms with E-state index in [2.05, 4.69) is 17.9 Å². The topological polar surface area (TPSA) is 49.3 Å². The second kappa shape index (κ2) is 4.05. The predicted octanol–water partition coefficient (Wildman–Crippen LogP) is 0.153. The Hall–Kier alpha value is 0.0700. The second-order valence-corrected chi connectivity index (χ2v) is 2.92. The SMILES string of the molecule is Cl.O=C(O)[C@@H]1C[C@H](S)CN1. The summed E-state index contributed by atoms with van der Waals surface area (Å²) >= 11 is 4.12. The molecule has 0 spiro atoms. The van der Waals surface area contributed by atoms with E-state index in [-0.39, 0.29) is 23.7 Å². The summed E-state index contributed by atoms with van der Waals surface area (Å²) in [4.78, 5) is 10.3. The molecule has 0 unspecified atom stereocenters. The van der Waals surface area contributed by atoms with E-state index in [0.29, 0.717) is 13.0 Å². The number of hydrogen-bond acceptors (Lipinski definition) is 3. The van der Waals surface area contributed by atoms with Crippen LogP contribution in [0.15, 0.2) is 0 Å². The summed E-state index contributed by atoms with van der Waals surface area (Å²) in [6.45, 7) is 0.708. The van der Waals surface area contributed by atoms with Crippen LogP contribution in [0.5, 0.6) is 0 Å². The number of carbonyl (C=O) groups is 1. The third-order valence-electron chi connectivity index (χ3n) is 1.41. The third-order valence-corrected chi connectivity index (χ3v) is 1.80. The third kappa shape index (κ3) is 2.36. The van der Waals surface area contributed by atoms with E-state index in [1.807, 2.05) is 0 Å². The van der Waals surface area contributed by atoms with Crippen LogP contribution in [0, 0.1) is 0 Å². The number of hydrogen-bond donors (Lipinski definition) is 3. The van der Waals surface area contributed by atoms with Gasteiger partial charge in [-0.3, -0.25) is 4.79 Å². The molecule has 1 rings (SSSR count). The molecule has 0 aromatic rings. The Morgan fingerprint density at radius 2 is 2.30 bits per heavy atom. The number of thiol groups is 1. The zero-order valence-corrected chi connectivity index (χ0v) is 6.99. The van der Waals surface area contributed by atoms with E-state index in [1.54, 1.807) is 0 Å². The first kappa shape index (κ1) is 10.1. The van der Waals surface area contributed by atoms with Crippen molar-refractivity contribution in [2.24, 2.45) is 0 Å². The summed E-state index contributed by atoms with van der Waals surface area (Å²) < 4.78 is 0. The molecule has 0 aromatic heterocycles. The highest BCUT2D eigenvalue weighted by Gasteiger charge is 2.26. The van der Waals surface area contributed by atoms with Crippen LogP contribution in [0.4, 0.5) is 0 Å². The number of aliphatic carboxylic acids is 1. The molecule has 10 heavy (non-hydrogen) atoms. The van der Waals surface area contributed by atoms with Crippen LogP contribution in [-0.4, -0.2) is 28.9 Å². The van der Waals surface area contributed by atoms with E-state index in [0.717, 1.165) is 0 Å². The lowest BCUT2D eigenvalue weighted by molar-refractivity contribution is -0.139. The summed E-state index contributed by atoms with van der Waals surface area (Å²) in [5.74, 6) is -0.772. The van der Waals surface area contributed by atoms with E-state index in [9.17, 15) is 4.79 Å². The summed E-state index contributed by atoms with van der Waals surface area (Å²) in [5.41, 5.74) is 0. The average Bonchev–Trinajstić information content (AvgIpc) is 2.14. The summed E-state index contributed by atoms with van der Waals surface area (Å²) in [6, 6.07) is -0.368. The van der Waals surface area contributed by atoms with Crippen molar-refractivity contribution in [3.63, 3.8) is 0 Å². The molecule has 1 heterocycles. The molecule has 0 aliphatic carbocycles. The minimum atomic E-state index is -0.772. The molecule has 2 atom stereocenters. The van der Waals surface area contributed by atoms with E-state index in [1.165, 1.54) is 0 Å². The molecule has 1 saturated heterocycles. The van der Waals surface area contributed by atoms with Crippen molar-refractivity contribution in [3.05, 3.63) is 0 Å². The Labute approximate surface area is 71.0 Å². The normalized spacial score (nSPS) is 31.3. The lowest BCUT2D eigenvalue weighted by Gasteiger charge is -1.99. The van der Waals surface area contributed by atoms with Crippen molar-refractivity contribution < 1.29 is 9.90 Å². The summed E-state index contributed by atoms with van der Waals surface area (Å²) in [6.07, 6.45) is 0.637. The molecule has 1 aliphatic heterocycles. The Morgan fingerprint density at radius 1 is 1.70 bits per heavy atom. The molecule has 0 amide bonds. The van der Waals surface area contributed by atoms with Gasteiger partial charge in [-0.05, 0) is 6.42 Å². The largest absolute Gasteiger partial charge is 0.480 e. The molecule has 0 saturated carbocycles. The van der Waals surface area contributed by atoms with Crippen molar-refractivity contribution in [3.8, 4) is 0 Å². The molecular formula is C5H10ClNO2S. The van der Waals surface area contributed by atoms with Gasteiger partial charge in [0.1, 0.15) is 6.04 Å². The van der Waals surface area contributed by atoms with Crippen molar-refractivity contribution in [1.82, 2.24) is 5.32 Å². The van der Waals surface area contributed by atoms with Gasteiger partial charge in [0.2, 0.25) is 0 Å². The minimum Gasteiger partial charge on any atom is -0.480 e. The van der Waals surface area contributed by atoms with Crippen LogP contribution < -0.4 is 5.32 Å². The van der Waals surface area contributed by atoms with E-state index >= 15 is 0 Å². The minimum absolute atomic E-state index is 0. The number of carboxylic acid groups (broad SMARTS) is 1. The van der Waals surface area contributed by atoms with E-state index < -0.39 is 5.97 Å². The molecule has 0 aromatic carbocycles. The van der Waals surface area contributed by atoms with Gasteiger partial charge in [-0.25, -0.2) is 0 Å². The van der Waals surface area contributed by atoms with Crippen LogP contribution >= 0.6 is 25.0 Å². The van der Waals surface area contributed by atoms with Crippen LogP contribution in [0.3, 0.4) is 0 Å². The number of halogens is 1. The smallest absolute Gasteiger partial charge is 0.320 e. The highest BCUT2D eigenvalue weighted by molar-refractivity contribution is 7.81. The first-order valence-corrected chi connectivity index (χ1v) is 3.36. The van der Waals surface area contributed by atoms with Crippen molar-refractivity contribution in [2.75, 3.05) is 6.54 Å². The molecule has 5 heteroatoms. The molecule has 2 N–H and O–H groups in total. The maximum atomic E-state index is 10.3. The monoisotopic (exact) mass is 183 g/mol. The van der Waals surface area contributed by atoms with Gasteiger partial charge in [0.25, 0.3) is 0 Å². The van der Waals surface area contributed by atoms with Gasteiger partial charge in [0.15, 0.2) is 0 Å². The van der Waals surface area contributed by atoms with Crippen LogP contribution in [0.1, 0.15) is 6.42 Å². The first-order valence-electron chi connectivity index (χ1n) is 2.84. The number of nitrogens with one attached hydrogen (secondary N) is 1. The fourth-order valence-corrected chi connectivity index (χ4v) is 1.22. The van der Waals surface area contributed by atoms with Crippen LogP contribution in [0.2, 0.25) is 0 Å². The van der Waals surface area contributed by atoms with Crippen molar-refractivity contribution >= 4 is 31.0 Å². The molecular weight excluding hydrogens is 174 g/mol. The Morgan fingerprint density at radius 3 is 2.50 bits per heavy atom. The van der Waals surface area contributed by atoms with Gasteiger partial charge < -0.3 is 10.4 Å². The first-order chi connectivity index (χ1) is 4.20. The fraction of sp³-hybridized carbons (Fsp3) is 0.800. The van der Waals surface area contributed by atoms with Gasteiger partial charge in [0, 0.05) is 11.8 Å². The van der Waals surface area contributed by atoms with Gasteiger partial charge in [0.05, 0.1) is 0 Å². The van der Waals surface area contributed by atoms with Crippen LogP contribution in [-0.2, 0) is 4.79 Å². The summed E-state index contributed by atoms with van der Waals surface area (Å²) in [5, 5.41) is 11.5. The van der Waals surface area contributed by atoms with Crippen molar-refractivity contribution in [1.29, 1.82) is 0 Å². The van der Waals surface area contributed by atoms with Crippen molar-refractivity contribution in [2.45, 2.75) is 17.7 Å². The maximum absolute atomic E-state index is 10.3. The zero-order chi connectivity index (χ0) is 6.85. The molecule has 0 bridgehead atoms. The average molecular weight is 184 g/mol. The highest BCUT2D eigenvalue weighted by atomic mass is 35.5. The Bertz CT molecular complexity index is 133. The van der Waals surface area contributed by atoms with E-state index in [4.69, 9.17) is 5.11 Å². The fourth-order valence-electron chi connectivity index (χ4n) is 0.905. The van der Waals surface area contributed by atoms with Gasteiger partial charge >= 0.3 is 5.97 Å². The molecule has 60 valence electrons. The number of rotatable bonds is 1. The van der Waals surface area contributed by atoms with Gasteiger partial charge in [-0.1, -0.05) is 0 Å². The lowest BCUT2D eigenvalue weighted by atomic mass is 10.2. The quantitative estimate of drug-likeness (QED) is 0.508. The number of carboxylic acids is 1. The Balaban J connectivity index is 0.000000810. The van der Waals surface area contributed by atoms with Gasteiger partial charge in [-0.15, -0.1) is 12.4 Å². The van der Waals surface area contributed by atoms with Gasteiger partial charge in [-0.2, -0.15) is 12.6 Å². The maximum Gasteiger partial charge on any atom is 0.320 e. The lowest BCUT2D eigenvalue weighted by Crippen LogP contribution is -2.29. The molecule has 3 nitrogen and oxygen atoms in total. The summed E-state index contributed by atoms with van der Waals surface area (Å²) in [7, 11) is 0.